The van der Waals surface area contributed by atoms with E-state index in [0.717, 1.165) is 19.0 Å². The number of nitrogens with zero attached hydrogens (tertiary/aromatic N) is 4. The molecule has 180 valence electrons. The van der Waals surface area contributed by atoms with Crippen molar-refractivity contribution in [2.24, 2.45) is 0 Å². The summed E-state index contributed by atoms with van der Waals surface area (Å²) in [4.78, 5) is 25.1. The number of hydrogen-bond donors (Lipinski definition) is 0. The number of carbonyl (C=O) groups is 1. The van der Waals surface area contributed by atoms with E-state index in [0.29, 0.717) is 22.5 Å². The van der Waals surface area contributed by atoms with Crippen molar-refractivity contribution in [3.63, 3.8) is 0 Å². The van der Waals surface area contributed by atoms with Crippen LogP contribution in [0.25, 0.3) is 38.8 Å². The third kappa shape index (κ3) is 3.42. The number of carbonyl (C=O) groups excluding carboxylic acids is 1. The highest BCUT2D eigenvalue weighted by atomic mass is 35.5. The van der Waals surface area contributed by atoms with E-state index >= 15 is 4.39 Å². The molecule has 0 aliphatic heterocycles. The average Bonchev–Trinajstić information content (AvgIpc) is 3.66. The molecular weight excluding hydrogens is 493 g/mol. The number of pyridine rings is 2. The first-order valence-electron chi connectivity index (χ1n) is 11.1. The Morgan fingerprint density at radius 1 is 1.06 bits per heavy atom. The van der Waals surface area contributed by atoms with Crippen molar-refractivity contribution in [1.82, 2.24) is 19.5 Å². The number of benzene rings is 2. The summed E-state index contributed by atoms with van der Waals surface area (Å²) in [6, 6.07) is 8.62. The Bertz CT molecular complexity index is 1720. The van der Waals surface area contributed by atoms with Crippen LogP contribution in [-0.4, -0.2) is 32.6 Å². The second-order valence-electron chi connectivity index (χ2n) is 8.51. The molecule has 5 aromatic rings. The van der Waals surface area contributed by atoms with Crippen molar-refractivity contribution < 1.29 is 22.7 Å². The lowest BCUT2D eigenvalue weighted by Crippen LogP contribution is -2.05. The smallest absolute Gasteiger partial charge is 0.340 e. The summed E-state index contributed by atoms with van der Waals surface area (Å²) in [7, 11) is 1.22. The fourth-order valence-corrected chi connectivity index (χ4v) is 4.70. The van der Waals surface area contributed by atoms with Crippen molar-refractivity contribution in [2.75, 3.05) is 7.11 Å². The summed E-state index contributed by atoms with van der Waals surface area (Å²) < 4.78 is 50.6. The largest absolute Gasteiger partial charge is 0.465 e. The highest BCUT2D eigenvalue weighted by Crippen LogP contribution is 2.44. The number of aromatic nitrogens is 4. The molecule has 3 heterocycles. The first kappa shape index (κ1) is 22.5. The summed E-state index contributed by atoms with van der Waals surface area (Å²) in [6.07, 6.45) is 4.37. The Hall–Kier alpha value is -3.98. The van der Waals surface area contributed by atoms with E-state index in [-0.39, 0.29) is 38.5 Å². The number of esters is 1. The lowest BCUT2D eigenvalue weighted by Gasteiger charge is -2.14. The van der Waals surface area contributed by atoms with E-state index in [2.05, 4.69) is 9.97 Å². The molecule has 0 N–H and O–H groups in total. The fourth-order valence-electron chi connectivity index (χ4n) is 4.49. The van der Waals surface area contributed by atoms with Gasteiger partial charge < -0.3 is 4.74 Å². The molecule has 1 aliphatic carbocycles. The topological polar surface area (TPSA) is 69.9 Å². The molecule has 0 saturated heterocycles. The first-order chi connectivity index (χ1) is 17.4. The van der Waals surface area contributed by atoms with Crippen molar-refractivity contribution in [1.29, 1.82) is 0 Å². The summed E-state index contributed by atoms with van der Waals surface area (Å²) in [5.74, 6) is -2.97. The molecule has 2 aromatic carbocycles. The molecule has 0 radical (unpaired) electrons. The SMILES string of the molecule is COC(=O)c1cc(-c2ccnc(F)c2F)cc2c1nc(C1CC1)n2-c1ccnc2c(Cl)ccc(F)c12. The van der Waals surface area contributed by atoms with Crippen molar-refractivity contribution in [3.8, 4) is 16.8 Å². The zero-order chi connectivity index (χ0) is 25.1. The highest BCUT2D eigenvalue weighted by Gasteiger charge is 2.33. The Labute approximate surface area is 207 Å². The maximum atomic E-state index is 15.2. The zero-order valence-corrected chi connectivity index (χ0v) is 19.5. The summed E-state index contributed by atoms with van der Waals surface area (Å²) >= 11 is 6.32. The molecule has 6 rings (SSSR count). The van der Waals surface area contributed by atoms with Gasteiger partial charge in [0.2, 0.25) is 5.95 Å². The van der Waals surface area contributed by atoms with Gasteiger partial charge in [-0.15, -0.1) is 0 Å². The van der Waals surface area contributed by atoms with Gasteiger partial charge in [0.1, 0.15) is 17.2 Å². The lowest BCUT2D eigenvalue weighted by atomic mass is 10.0. The van der Waals surface area contributed by atoms with E-state index in [1.165, 1.54) is 37.6 Å². The monoisotopic (exact) mass is 508 g/mol. The van der Waals surface area contributed by atoms with Crippen LogP contribution in [0.1, 0.15) is 34.9 Å². The Balaban J connectivity index is 1.76. The van der Waals surface area contributed by atoms with E-state index < -0.39 is 23.6 Å². The summed E-state index contributed by atoms with van der Waals surface area (Å²) in [6.45, 7) is 0. The van der Waals surface area contributed by atoms with Crippen molar-refractivity contribution in [2.45, 2.75) is 18.8 Å². The average molecular weight is 509 g/mol. The van der Waals surface area contributed by atoms with Crippen LogP contribution in [0.4, 0.5) is 13.2 Å². The minimum absolute atomic E-state index is 0.0686. The second-order valence-corrected chi connectivity index (χ2v) is 8.92. The molecule has 6 nitrogen and oxygen atoms in total. The standard InChI is InChI=1S/C26H16ClF3N4O2/c1-36-26(35)15-10-13(14-6-8-32-24(30)21(14)29)11-19-22(15)33-25(12-2-3-12)34(19)18-7-9-31-23-16(27)4-5-17(28)20(18)23/h4-12H,2-3H2,1H3. The first-order valence-corrected chi connectivity index (χ1v) is 11.4. The van der Waals surface area contributed by atoms with Crippen LogP contribution < -0.4 is 0 Å². The normalized spacial score (nSPS) is 13.5. The van der Waals surface area contributed by atoms with Gasteiger partial charge in [0.05, 0.1) is 39.8 Å². The summed E-state index contributed by atoms with van der Waals surface area (Å²) in [5, 5.41) is 0.452. The van der Waals surface area contributed by atoms with Gasteiger partial charge in [0.25, 0.3) is 0 Å². The van der Waals surface area contributed by atoms with E-state index in [1.54, 1.807) is 16.7 Å². The van der Waals surface area contributed by atoms with E-state index in [9.17, 15) is 13.6 Å². The van der Waals surface area contributed by atoms with Crippen LogP contribution in [0.3, 0.4) is 0 Å². The number of imidazole rings is 1. The third-order valence-electron chi connectivity index (χ3n) is 6.30. The third-order valence-corrected chi connectivity index (χ3v) is 6.61. The van der Waals surface area contributed by atoms with Gasteiger partial charge in [-0.25, -0.2) is 23.5 Å². The number of hydrogen-bond acceptors (Lipinski definition) is 5. The quantitative estimate of drug-likeness (QED) is 0.208. The number of halogens is 4. The summed E-state index contributed by atoms with van der Waals surface area (Å²) in [5.41, 5.74) is 1.57. The predicted octanol–water partition coefficient (Wildman–Crippen LogP) is 6.37. The molecule has 1 saturated carbocycles. The molecule has 0 atom stereocenters. The van der Waals surface area contributed by atoms with E-state index in [1.807, 2.05) is 0 Å². The van der Waals surface area contributed by atoms with E-state index in [4.69, 9.17) is 21.3 Å². The van der Waals surface area contributed by atoms with Crippen LogP contribution in [0.2, 0.25) is 5.02 Å². The van der Waals surface area contributed by atoms with Gasteiger partial charge in [-0.1, -0.05) is 11.6 Å². The maximum Gasteiger partial charge on any atom is 0.340 e. The number of rotatable bonds is 4. The van der Waals surface area contributed by atoms with Gasteiger partial charge in [-0.3, -0.25) is 9.55 Å². The molecule has 0 unspecified atom stereocenters. The molecule has 36 heavy (non-hydrogen) atoms. The van der Waals surface area contributed by atoms with Crippen LogP contribution in [0.15, 0.2) is 48.8 Å². The van der Waals surface area contributed by atoms with Crippen molar-refractivity contribution >= 4 is 39.5 Å². The molecule has 1 aliphatic rings. The Morgan fingerprint density at radius 2 is 1.83 bits per heavy atom. The van der Waals surface area contributed by atoms with Gasteiger partial charge in [-0.05, 0) is 54.8 Å². The molecular formula is C26H16ClF3N4O2. The van der Waals surface area contributed by atoms with Crippen LogP contribution in [0, 0.1) is 17.6 Å². The van der Waals surface area contributed by atoms with Gasteiger partial charge in [0.15, 0.2) is 5.82 Å². The Morgan fingerprint density at radius 3 is 2.58 bits per heavy atom. The van der Waals surface area contributed by atoms with Gasteiger partial charge in [-0.2, -0.15) is 4.39 Å². The lowest BCUT2D eigenvalue weighted by molar-refractivity contribution is 0.0603. The van der Waals surface area contributed by atoms with Crippen LogP contribution >= 0.6 is 11.6 Å². The minimum Gasteiger partial charge on any atom is -0.465 e. The van der Waals surface area contributed by atoms with Crippen LogP contribution in [0.5, 0.6) is 0 Å². The van der Waals surface area contributed by atoms with Gasteiger partial charge in [0, 0.05) is 23.9 Å². The molecule has 3 aromatic heterocycles. The maximum absolute atomic E-state index is 15.2. The second kappa shape index (κ2) is 8.30. The molecule has 1 fully saturated rings. The van der Waals surface area contributed by atoms with Gasteiger partial charge >= 0.3 is 5.97 Å². The molecule has 10 heteroatoms. The fraction of sp³-hybridized carbons (Fsp3) is 0.154. The number of ether oxygens (including phenoxy) is 1. The molecule has 0 amide bonds. The van der Waals surface area contributed by atoms with Crippen molar-refractivity contribution in [3.05, 3.63) is 82.8 Å². The molecule has 0 bridgehead atoms. The Kier molecular flexibility index (Phi) is 5.19. The zero-order valence-electron chi connectivity index (χ0n) is 18.7. The predicted molar refractivity (Wildman–Crippen MR) is 128 cm³/mol. The highest BCUT2D eigenvalue weighted by molar-refractivity contribution is 6.35. The molecule has 0 spiro atoms. The minimum atomic E-state index is -1.27. The number of fused-ring (bicyclic) bond motifs is 2. The van der Waals surface area contributed by atoms with Crippen LogP contribution in [-0.2, 0) is 4.74 Å². The number of methoxy groups -OCH3 is 1.